The Labute approximate surface area is 252 Å². The molecule has 5 rings (SSSR count). The van der Waals surface area contributed by atoms with Crippen molar-refractivity contribution in [1.29, 1.82) is 0 Å². The second-order valence-electron chi connectivity index (χ2n) is 10.4. The van der Waals surface area contributed by atoms with Crippen LogP contribution in [0.4, 0.5) is 0 Å². The molecule has 0 amide bonds. The molecule has 0 aromatic heterocycles. The van der Waals surface area contributed by atoms with Gasteiger partial charge in [-0.1, -0.05) is 60.7 Å². The number of carboxylic acids is 2. The Morgan fingerprint density at radius 1 is 0.791 bits per heavy atom. The third kappa shape index (κ3) is 14.0. The molecule has 2 bridgehead atoms. The van der Waals surface area contributed by atoms with Gasteiger partial charge in [-0.15, -0.1) is 0 Å². The van der Waals surface area contributed by atoms with Gasteiger partial charge in [0.2, 0.25) is 0 Å². The van der Waals surface area contributed by atoms with Crippen LogP contribution in [0.5, 0.6) is 0 Å². The topological polar surface area (TPSA) is 166 Å². The Balaban J connectivity index is 0.000000210. The summed E-state index contributed by atoms with van der Waals surface area (Å²) in [6.45, 7) is 1.66. The van der Waals surface area contributed by atoms with Crippen molar-refractivity contribution >= 4 is 23.5 Å². The van der Waals surface area contributed by atoms with E-state index in [1.165, 1.54) is 24.0 Å². The van der Waals surface area contributed by atoms with Gasteiger partial charge in [0.05, 0.1) is 0 Å². The van der Waals surface area contributed by atoms with Crippen molar-refractivity contribution in [2.75, 3.05) is 14.2 Å². The van der Waals surface area contributed by atoms with Crippen LogP contribution < -0.4 is 5.73 Å². The Hall–Kier alpha value is -3.48. The van der Waals surface area contributed by atoms with E-state index in [0.29, 0.717) is 24.4 Å². The van der Waals surface area contributed by atoms with Gasteiger partial charge in [0, 0.05) is 65.1 Å². The fourth-order valence-corrected chi connectivity index (χ4v) is 5.05. The van der Waals surface area contributed by atoms with Crippen molar-refractivity contribution in [3.05, 3.63) is 71.8 Å². The minimum absolute atomic E-state index is 0.0463. The molecule has 4 atom stereocenters. The molecular formula is C32H44N2O9. The first-order chi connectivity index (χ1) is 20.6. The van der Waals surface area contributed by atoms with E-state index < -0.39 is 30.6 Å². The maximum atomic E-state index is 11.5. The van der Waals surface area contributed by atoms with Crippen molar-refractivity contribution < 1.29 is 43.6 Å². The van der Waals surface area contributed by atoms with E-state index in [0.717, 1.165) is 32.2 Å². The number of hydrogen-bond donors (Lipinski definition) is 3. The van der Waals surface area contributed by atoms with Crippen LogP contribution in [0.3, 0.4) is 0 Å². The molecular weight excluding hydrogens is 556 g/mol. The number of nitrogens with two attached hydrogens (primary N) is 1. The number of rotatable bonds is 9. The van der Waals surface area contributed by atoms with Crippen LogP contribution in [0.2, 0.25) is 0 Å². The first-order valence-electron chi connectivity index (χ1n) is 14.4. The third-order valence-corrected chi connectivity index (χ3v) is 7.15. The second-order valence-corrected chi connectivity index (χ2v) is 10.4. The molecule has 3 aliphatic heterocycles. The van der Waals surface area contributed by atoms with E-state index >= 15 is 0 Å². The van der Waals surface area contributed by atoms with Crippen molar-refractivity contribution in [1.82, 2.24) is 4.90 Å². The minimum atomic E-state index is -1.30. The van der Waals surface area contributed by atoms with Crippen LogP contribution in [-0.2, 0) is 46.5 Å². The first-order valence-corrected chi connectivity index (χ1v) is 14.4. The van der Waals surface area contributed by atoms with Crippen LogP contribution in [0.15, 0.2) is 60.7 Å². The van der Waals surface area contributed by atoms with Gasteiger partial charge >= 0.3 is 11.9 Å². The predicted octanol–water partition coefficient (Wildman–Crippen LogP) is 3.77. The van der Waals surface area contributed by atoms with Crippen molar-refractivity contribution in [2.24, 2.45) is 5.73 Å². The summed E-state index contributed by atoms with van der Waals surface area (Å²) in [5, 5.41) is 16.0. The highest BCUT2D eigenvalue weighted by molar-refractivity contribution is 6.02. The van der Waals surface area contributed by atoms with Crippen LogP contribution in [0.1, 0.15) is 62.5 Å². The largest absolute Gasteiger partial charge is 0.481 e. The number of benzene rings is 2. The highest BCUT2D eigenvalue weighted by atomic mass is 16.8. The molecule has 0 aliphatic carbocycles. The number of ketones is 2. The SMILES string of the molecule is COC1CCC(OC)O1.NCc1ccccc1.O=C(O)CC(=O)CC(=O)O.O=C1CC2CCC(C1)N2Cc1ccccc1. The summed E-state index contributed by atoms with van der Waals surface area (Å²) in [6.07, 6.45) is 4.34. The molecule has 4 N–H and O–H groups in total. The number of Topliss-reactive ketones (excluding diaryl/α,β-unsaturated/α-hetero) is 2. The Kier molecular flexibility index (Phi) is 16.3. The lowest BCUT2D eigenvalue weighted by molar-refractivity contribution is -0.185. The monoisotopic (exact) mass is 600 g/mol. The zero-order valence-corrected chi connectivity index (χ0v) is 24.9. The fraction of sp³-hybridized carbons (Fsp3) is 0.500. The van der Waals surface area contributed by atoms with Gasteiger partial charge < -0.3 is 30.2 Å². The number of fused-ring (bicyclic) bond motifs is 2. The van der Waals surface area contributed by atoms with Gasteiger partial charge in [-0.25, -0.2) is 0 Å². The molecule has 236 valence electrons. The zero-order valence-electron chi connectivity index (χ0n) is 24.9. The lowest BCUT2D eigenvalue weighted by Crippen LogP contribution is -2.42. The molecule has 11 nitrogen and oxygen atoms in total. The number of methoxy groups -OCH3 is 2. The van der Waals surface area contributed by atoms with E-state index in [1.54, 1.807) is 14.2 Å². The molecule has 0 radical (unpaired) electrons. The number of hydrogen-bond acceptors (Lipinski definition) is 9. The lowest BCUT2D eigenvalue weighted by atomic mass is 10.0. The molecule has 11 heteroatoms. The molecule has 0 saturated carbocycles. The average Bonchev–Trinajstić information content (AvgIpc) is 3.55. The molecule has 3 fully saturated rings. The number of aliphatic carboxylic acids is 2. The first kappa shape index (κ1) is 35.7. The van der Waals surface area contributed by atoms with Gasteiger partial charge in [-0.3, -0.25) is 24.1 Å². The summed E-state index contributed by atoms with van der Waals surface area (Å²) in [4.78, 5) is 43.9. The van der Waals surface area contributed by atoms with Gasteiger partial charge in [-0.05, 0) is 24.0 Å². The molecule has 3 heterocycles. The van der Waals surface area contributed by atoms with Gasteiger partial charge in [0.1, 0.15) is 18.6 Å². The highest BCUT2D eigenvalue weighted by Crippen LogP contribution is 2.35. The summed E-state index contributed by atoms with van der Waals surface area (Å²) in [6, 6.07) is 21.6. The number of carbonyl (C=O) groups is 4. The zero-order chi connectivity index (χ0) is 31.6. The lowest BCUT2D eigenvalue weighted by Gasteiger charge is -2.33. The summed E-state index contributed by atoms with van der Waals surface area (Å²) in [7, 11) is 3.28. The Morgan fingerprint density at radius 3 is 1.58 bits per heavy atom. The second kappa shape index (κ2) is 19.7. The number of carbonyl (C=O) groups excluding carboxylic acids is 2. The predicted molar refractivity (Wildman–Crippen MR) is 159 cm³/mol. The summed E-state index contributed by atoms with van der Waals surface area (Å²) < 4.78 is 15.1. The summed E-state index contributed by atoms with van der Waals surface area (Å²) in [5.74, 6) is -2.92. The normalized spacial score (nSPS) is 22.2. The van der Waals surface area contributed by atoms with Crippen molar-refractivity contribution in [2.45, 2.75) is 89.1 Å². The molecule has 3 saturated heterocycles. The van der Waals surface area contributed by atoms with E-state index in [4.69, 9.17) is 30.2 Å². The number of nitrogens with zero attached hydrogens (tertiary/aromatic N) is 1. The van der Waals surface area contributed by atoms with Gasteiger partial charge in [0.15, 0.2) is 18.4 Å². The molecule has 2 aromatic carbocycles. The average molecular weight is 601 g/mol. The molecule has 3 aliphatic rings. The van der Waals surface area contributed by atoms with E-state index in [1.807, 2.05) is 30.3 Å². The molecule has 4 unspecified atom stereocenters. The van der Waals surface area contributed by atoms with E-state index in [9.17, 15) is 19.2 Å². The minimum Gasteiger partial charge on any atom is -0.481 e. The number of piperidine rings is 1. The van der Waals surface area contributed by atoms with Crippen LogP contribution >= 0.6 is 0 Å². The smallest absolute Gasteiger partial charge is 0.310 e. The molecule has 0 spiro atoms. The third-order valence-electron chi connectivity index (χ3n) is 7.15. The highest BCUT2D eigenvalue weighted by Gasteiger charge is 2.39. The van der Waals surface area contributed by atoms with Gasteiger partial charge in [0.25, 0.3) is 0 Å². The van der Waals surface area contributed by atoms with Crippen LogP contribution in [-0.4, -0.2) is 77.5 Å². The standard InChI is InChI=1S/C14H17NO.C7H9N.C6H12O3.C5H6O5/c16-14-8-12-6-7-13(9-14)15(12)10-11-4-2-1-3-5-11;8-6-7-4-2-1-3-5-7;1-7-5-3-4-6(8-2)9-5;6-3(1-4(7)8)2-5(9)10/h1-5,12-13H,6-10H2;1-5H,6,8H2;5-6H,3-4H2,1-2H3;1-2H2,(H,7,8)(H,9,10). The van der Waals surface area contributed by atoms with Crippen molar-refractivity contribution in [3.63, 3.8) is 0 Å². The number of ether oxygens (including phenoxy) is 3. The summed E-state index contributed by atoms with van der Waals surface area (Å²) >= 11 is 0. The van der Waals surface area contributed by atoms with Crippen molar-refractivity contribution in [3.8, 4) is 0 Å². The van der Waals surface area contributed by atoms with E-state index in [-0.39, 0.29) is 12.6 Å². The maximum absolute atomic E-state index is 11.5. The Morgan fingerprint density at radius 2 is 1.23 bits per heavy atom. The Bertz CT molecular complexity index is 1090. The maximum Gasteiger partial charge on any atom is 0.310 e. The van der Waals surface area contributed by atoms with E-state index in [2.05, 4.69) is 35.2 Å². The van der Waals surface area contributed by atoms with Gasteiger partial charge in [-0.2, -0.15) is 0 Å². The summed E-state index contributed by atoms with van der Waals surface area (Å²) in [5.41, 5.74) is 7.91. The fourth-order valence-electron chi connectivity index (χ4n) is 5.05. The number of carboxylic acid groups (broad SMARTS) is 2. The van der Waals surface area contributed by atoms with Crippen LogP contribution in [0, 0.1) is 0 Å². The molecule has 2 aromatic rings. The quantitative estimate of drug-likeness (QED) is 0.359. The molecule has 43 heavy (non-hydrogen) atoms. The van der Waals surface area contributed by atoms with Crippen LogP contribution in [0.25, 0.3) is 0 Å².